The van der Waals surface area contributed by atoms with E-state index in [1.807, 2.05) is 20.8 Å². The summed E-state index contributed by atoms with van der Waals surface area (Å²) in [6.45, 7) is 7.15. The van der Waals surface area contributed by atoms with Gasteiger partial charge in [-0.1, -0.05) is 13.8 Å². The van der Waals surface area contributed by atoms with Crippen molar-refractivity contribution in [1.82, 2.24) is 4.72 Å². The van der Waals surface area contributed by atoms with Crippen LogP contribution in [-0.4, -0.2) is 14.0 Å². The molecular formula is C13H21FN2O2S. The molecule has 0 saturated heterocycles. The van der Waals surface area contributed by atoms with Crippen molar-refractivity contribution < 1.29 is 12.8 Å². The van der Waals surface area contributed by atoms with Crippen LogP contribution >= 0.6 is 0 Å². The monoisotopic (exact) mass is 288 g/mol. The standard InChI is InChI=1S/C13H21FN2O2S/c1-5-13(4,6-2)16-19(17,18)10-7-9(3)12(14)11(15)8-10/h7-8,16H,5-6,15H2,1-4H3. The van der Waals surface area contributed by atoms with Crippen LogP contribution in [-0.2, 0) is 10.0 Å². The zero-order valence-electron chi connectivity index (χ0n) is 11.7. The fourth-order valence-electron chi connectivity index (χ4n) is 1.70. The SMILES string of the molecule is CCC(C)(CC)NS(=O)(=O)c1cc(C)c(F)c(N)c1. The number of halogens is 1. The summed E-state index contributed by atoms with van der Waals surface area (Å²) in [6.07, 6.45) is 1.33. The Morgan fingerprint density at radius 1 is 1.32 bits per heavy atom. The van der Waals surface area contributed by atoms with Gasteiger partial charge in [-0.15, -0.1) is 0 Å². The van der Waals surface area contributed by atoms with Gasteiger partial charge in [-0.2, -0.15) is 0 Å². The van der Waals surface area contributed by atoms with E-state index >= 15 is 0 Å². The number of nitrogens with two attached hydrogens (primary N) is 1. The third-order valence-electron chi connectivity index (χ3n) is 3.51. The number of hydrogen-bond donors (Lipinski definition) is 2. The third-order valence-corrected chi connectivity index (χ3v) is 5.13. The predicted molar refractivity (Wildman–Crippen MR) is 74.9 cm³/mol. The molecule has 0 bridgehead atoms. The first-order valence-electron chi connectivity index (χ1n) is 6.25. The summed E-state index contributed by atoms with van der Waals surface area (Å²) >= 11 is 0. The predicted octanol–water partition coefficient (Wildman–Crippen LogP) is 2.57. The van der Waals surface area contributed by atoms with Crippen LogP contribution in [0.15, 0.2) is 17.0 Å². The Labute approximate surface area is 114 Å². The first-order valence-corrected chi connectivity index (χ1v) is 7.73. The van der Waals surface area contributed by atoms with Gasteiger partial charge in [0, 0.05) is 5.54 Å². The molecule has 6 heteroatoms. The Balaban J connectivity index is 3.22. The third kappa shape index (κ3) is 3.45. The summed E-state index contributed by atoms with van der Waals surface area (Å²) < 4.78 is 40.7. The summed E-state index contributed by atoms with van der Waals surface area (Å²) in [5, 5.41) is 0. The second-order valence-corrected chi connectivity index (χ2v) is 6.70. The lowest BCUT2D eigenvalue weighted by molar-refractivity contribution is 0.388. The van der Waals surface area contributed by atoms with Crippen molar-refractivity contribution in [2.24, 2.45) is 0 Å². The van der Waals surface area contributed by atoms with Crippen molar-refractivity contribution in [2.45, 2.75) is 51.0 Å². The summed E-state index contributed by atoms with van der Waals surface area (Å²) in [5.41, 5.74) is 5.02. The molecule has 0 aliphatic carbocycles. The molecule has 1 aromatic rings. The van der Waals surface area contributed by atoms with Crippen molar-refractivity contribution in [3.63, 3.8) is 0 Å². The van der Waals surface area contributed by atoms with Gasteiger partial charge in [0.2, 0.25) is 10.0 Å². The Morgan fingerprint density at radius 3 is 2.26 bits per heavy atom. The molecule has 3 N–H and O–H groups in total. The van der Waals surface area contributed by atoms with Gasteiger partial charge in [0.25, 0.3) is 0 Å². The minimum Gasteiger partial charge on any atom is -0.396 e. The van der Waals surface area contributed by atoms with Gasteiger partial charge in [-0.25, -0.2) is 17.5 Å². The molecule has 108 valence electrons. The van der Waals surface area contributed by atoms with E-state index in [0.717, 1.165) is 6.07 Å². The normalized spacial score (nSPS) is 12.7. The number of hydrogen-bond acceptors (Lipinski definition) is 3. The van der Waals surface area contributed by atoms with Gasteiger partial charge in [-0.05, 0) is 44.4 Å². The summed E-state index contributed by atoms with van der Waals surface area (Å²) in [6, 6.07) is 2.44. The molecule has 0 atom stereocenters. The molecule has 19 heavy (non-hydrogen) atoms. The van der Waals surface area contributed by atoms with Crippen molar-refractivity contribution in [2.75, 3.05) is 5.73 Å². The summed E-state index contributed by atoms with van der Waals surface area (Å²) in [7, 11) is -3.70. The quantitative estimate of drug-likeness (QED) is 0.818. The minimum atomic E-state index is -3.70. The maximum absolute atomic E-state index is 13.4. The van der Waals surface area contributed by atoms with E-state index in [-0.39, 0.29) is 16.1 Å². The van der Waals surface area contributed by atoms with Gasteiger partial charge >= 0.3 is 0 Å². The average Bonchev–Trinajstić information content (AvgIpc) is 2.34. The lowest BCUT2D eigenvalue weighted by Crippen LogP contribution is -2.44. The molecular weight excluding hydrogens is 267 g/mol. The molecule has 0 fully saturated rings. The molecule has 0 radical (unpaired) electrons. The first kappa shape index (κ1) is 15.9. The average molecular weight is 288 g/mol. The van der Waals surface area contributed by atoms with Crippen LogP contribution in [0.3, 0.4) is 0 Å². The number of rotatable bonds is 5. The van der Waals surface area contributed by atoms with Gasteiger partial charge in [0.15, 0.2) is 0 Å². The van der Waals surface area contributed by atoms with Crippen molar-refractivity contribution in [1.29, 1.82) is 0 Å². The number of nitrogen functional groups attached to an aromatic ring is 1. The number of nitrogens with one attached hydrogen (secondary N) is 1. The Kier molecular flexibility index (Phi) is 4.58. The van der Waals surface area contributed by atoms with Crippen LogP contribution in [0.4, 0.5) is 10.1 Å². The fraction of sp³-hybridized carbons (Fsp3) is 0.538. The zero-order chi connectivity index (χ0) is 14.8. The van der Waals surface area contributed by atoms with Crippen molar-refractivity contribution in [3.05, 3.63) is 23.5 Å². The Morgan fingerprint density at radius 2 is 1.84 bits per heavy atom. The highest BCUT2D eigenvalue weighted by Gasteiger charge is 2.28. The second kappa shape index (κ2) is 5.46. The van der Waals surface area contributed by atoms with Gasteiger partial charge in [0.1, 0.15) is 5.82 Å². The van der Waals surface area contributed by atoms with Crippen molar-refractivity contribution >= 4 is 15.7 Å². The van der Waals surface area contributed by atoms with E-state index in [9.17, 15) is 12.8 Å². The number of aryl methyl sites for hydroxylation is 1. The van der Waals surface area contributed by atoms with Gasteiger partial charge in [0.05, 0.1) is 10.6 Å². The summed E-state index contributed by atoms with van der Waals surface area (Å²) in [4.78, 5) is -0.00275. The molecule has 0 aromatic heterocycles. The molecule has 0 heterocycles. The molecule has 0 unspecified atom stereocenters. The molecule has 4 nitrogen and oxygen atoms in total. The molecule has 1 aromatic carbocycles. The van der Waals surface area contributed by atoms with Gasteiger partial charge in [-0.3, -0.25) is 0 Å². The van der Waals surface area contributed by atoms with Crippen LogP contribution in [0.5, 0.6) is 0 Å². The van der Waals surface area contributed by atoms with E-state index < -0.39 is 21.4 Å². The lowest BCUT2D eigenvalue weighted by atomic mass is 9.98. The zero-order valence-corrected chi connectivity index (χ0v) is 12.6. The fourth-order valence-corrected chi connectivity index (χ4v) is 3.36. The van der Waals surface area contributed by atoms with E-state index in [1.54, 1.807) is 0 Å². The molecule has 0 saturated carbocycles. The van der Waals surface area contributed by atoms with Crippen LogP contribution in [0.2, 0.25) is 0 Å². The van der Waals surface area contributed by atoms with E-state index in [1.165, 1.54) is 13.0 Å². The second-order valence-electron chi connectivity index (χ2n) is 5.02. The summed E-state index contributed by atoms with van der Waals surface area (Å²) in [5.74, 6) is -0.576. The molecule has 0 amide bonds. The lowest BCUT2D eigenvalue weighted by Gasteiger charge is -2.28. The van der Waals surface area contributed by atoms with Gasteiger partial charge < -0.3 is 5.73 Å². The molecule has 1 rings (SSSR count). The smallest absolute Gasteiger partial charge is 0.241 e. The van der Waals surface area contributed by atoms with Crippen LogP contribution in [0, 0.1) is 12.7 Å². The Bertz CT molecular complexity index is 543. The van der Waals surface area contributed by atoms with E-state index in [4.69, 9.17) is 5.73 Å². The van der Waals surface area contributed by atoms with Crippen LogP contribution in [0.1, 0.15) is 39.2 Å². The topological polar surface area (TPSA) is 72.2 Å². The maximum Gasteiger partial charge on any atom is 0.241 e. The maximum atomic E-state index is 13.4. The first-order chi connectivity index (χ1) is 8.65. The highest BCUT2D eigenvalue weighted by molar-refractivity contribution is 7.89. The molecule has 0 aliphatic heterocycles. The number of anilines is 1. The molecule has 0 aliphatic rings. The Hall–Kier alpha value is -1.14. The van der Waals surface area contributed by atoms with Crippen molar-refractivity contribution in [3.8, 4) is 0 Å². The van der Waals surface area contributed by atoms with Crippen LogP contribution < -0.4 is 10.5 Å². The number of benzene rings is 1. The van der Waals surface area contributed by atoms with Crippen LogP contribution in [0.25, 0.3) is 0 Å². The number of sulfonamides is 1. The largest absolute Gasteiger partial charge is 0.396 e. The van der Waals surface area contributed by atoms with E-state index in [0.29, 0.717) is 12.8 Å². The highest BCUT2D eigenvalue weighted by atomic mass is 32.2. The van der Waals surface area contributed by atoms with E-state index in [2.05, 4.69) is 4.72 Å². The highest BCUT2D eigenvalue weighted by Crippen LogP contribution is 2.23. The minimum absolute atomic E-state index is 0.00275. The molecule has 0 spiro atoms.